The van der Waals surface area contributed by atoms with Gasteiger partial charge in [0.15, 0.2) is 0 Å². The number of aromatic nitrogens is 2. The molecule has 1 aromatic heterocycles. The van der Waals surface area contributed by atoms with Gasteiger partial charge in [-0.05, 0) is 55.8 Å². The third-order valence-corrected chi connectivity index (χ3v) is 3.96. The fraction of sp³-hybridized carbons (Fsp3) is 0.150. The Morgan fingerprint density at radius 1 is 1.08 bits per heavy atom. The Morgan fingerprint density at radius 2 is 1.81 bits per heavy atom. The quantitative estimate of drug-likeness (QED) is 0.784. The van der Waals surface area contributed by atoms with Crippen LogP contribution in [-0.2, 0) is 11.3 Å². The smallest absolute Gasteiger partial charge is 0.267 e. The molecule has 1 amide bonds. The van der Waals surface area contributed by atoms with Gasteiger partial charge in [-0.15, -0.1) is 0 Å². The zero-order valence-corrected chi connectivity index (χ0v) is 14.5. The fourth-order valence-corrected chi connectivity index (χ4v) is 2.59. The van der Waals surface area contributed by atoms with Gasteiger partial charge in [-0.25, -0.2) is 9.07 Å². The van der Waals surface area contributed by atoms with Crippen LogP contribution in [0.15, 0.2) is 59.4 Å². The van der Waals surface area contributed by atoms with Gasteiger partial charge in [0.1, 0.15) is 12.4 Å². The van der Waals surface area contributed by atoms with Crippen LogP contribution in [0.1, 0.15) is 11.1 Å². The average Bonchev–Trinajstić information content (AvgIpc) is 2.61. The van der Waals surface area contributed by atoms with E-state index in [1.807, 2.05) is 32.0 Å². The third kappa shape index (κ3) is 4.03. The highest BCUT2D eigenvalue weighted by Gasteiger charge is 2.10. The lowest BCUT2D eigenvalue weighted by Crippen LogP contribution is -2.29. The molecule has 26 heavy (non-hydrogen) atoms. The summed E-state index contributed by atoms with van der Waals surface area (Å²) in [5.74, 6) is -0.800. The Bertz CT molecular complexity index is 1010. The van der Waals surface area contributed by atoms with Crippen molar-refractivity contribution in [1.82, 2.24) is 9.78 Å². The van der Waals surface area contributed by atoms with Crippen molar-refractivity contribution in [3.63, 3.8) is 0 Å². The first-order chi connectivity index (χ1) is 12.4. The molecule has 0 atom stereocenters. The minimum Gasteiger partial charge on any atom is -0.324 e. The van der Waals surface area contributed by atoms with Crippen LogP contribution in [0.5, 0.6) is 0 Å². The average molecular weight is 351 g/mol. The van der Waals surface area contributed by atoms with Crippen LogP contribution in [0, 0.1) is 19.7 Å². The fourth-order valence-electron chi connectivity index (χ4n) is 2.59. The van der Waals surface area contributed by atoms with Gasteiger partial charge in [0, 0.05) is 17.3 Å². The summed E-state index contributed by atoms with van der Waals surface area (Å²) in [4.78, 5) is 24.2. The standard InChI is InChI=1S/C20H18FN3O2/c1-13-3-4-14(2)17(11-13)18-9-10-20(26)24(23-18)12-19(25)22-16-7-5-15(21)6-8-16/h3-11H,12H2,1-2H3,(H,22,25). The topological polar surface area (TPSA) is 64.0 Å². The van der Waals surface area contributed by atoms with Crippen LogP contribution < -0.4 is 10.9 Å². The number of amides is 1. The normalized spacial score (nSPS) is 10.6. The summed E-state index contributed by atoms with van der Waals surface area (Å²) < 4.78 is 14.0. The van der Waals surface area contributed by atoms with E-state index in [0.29, 0.717) is 11.4 Å². The van der Waals surface area contributed by atoms with Gasteiger partial charge >= 0.3 is 0 Å². The zero-order chi connectivity index (χ0) is 18.7. The van der Waals surface area contributed by atoms with Gasteiger partial charge in [0.25, 0.3) is 5.56 Å². The second-order valence-electron chi connectivity index (χ2n) is 6.09. The van der Waals surface area contributed by atoms with E-state index in [1.165, 1.54) is 30.3 Å². The molecule has 1 N–H and O–H groups in total. The number of benzene rings is 2. The van der Waals surface area contributed by atoms with E-state index in [2.05, 4.69) is 10.4 Å². The largest absolute Gasteiger partial charge is 0.324 e. The first-order valence-electron chi connectivity index (χ1n) is 8.13. The number of halogens is 1. The first-order valence-corrected chi connectivity index (χ1v) is 8.13. The predicted octanol–water partition coefficient (Wildman–Crippen LogP) is 3.30. The Balaban J connectivity index is 1.84. The van der Waals surface area contributed by atoms with Gasteiger partial charge in [0.05, 0.1) is 5.69 Å². The summed E-state index contributed by atoms with van der Waals surface area (Å²) in [6, 6.07) is 14.4. The maximum absolute atomic E-state index is 12.9. The number of nitrogens with zero attached hydrogens (tertiary/aromatic N) is 2. The van der Waals surface area contributed by atoms with E-state index in [4.69, 9.17) is 0 Å². The summed E-state index contributed by atoms with van der Waals surface area (Å²) in [5, 5.41) is 6.94. The second kappa shape index (κ2) is 7.31. The first kappa shape index (κ1) is 17.5. The number of carbonyl (C=O) groups is 1. The third-order valence-electron chi connectivity index (χ3n) is 3.96. The van der Waals surface area contributed by atoms with Gasteiger partial charge in [-0.1, -0.05) is 17.7 Å². The number of hydrogen-bond donors (Lipinski definition) is 1. The lowest BCUT2D eigenvalue weighted by Gasteiger charge is -2.10. The van der Waals surface area contributed by atoms with Crippen molar-refractivity contribution in [1.29, 1.82) is 0 Å². The number of anilines is 1. The highest BCUT2D eigenvalue weighted by molar-refractivity contribution is 5.90. The predicted molar refractivity (Wildman–Crippen MR) is 98.4 cm³/mol. The summed E-state index contributed by atoms with van der Waals surface area (Å²) >= 11 is 0. The Morgan fingerprint density at radius 3 is 2.54 bits per heavy atom. The van der Waals surface area contributed by atoms with E-state index >= 15 is 0 Å². The summed E-state index contributed by atoms with van der Waals surface area (Å²) in [7, 11) is 0. The molecule has 0 radical (unpaired) electrons. The van der Waals surface area contributed by atoms with Crippen molar-refractivity contribution in [3.05, 3.63) is 81.9 Å². The molecular weight excluding hydrogens is 333 g/mol. The molecule has 1 heterocycles. The molecule has 0 aliphatic rings. The summed E-state index contributed by atoms with van der Waals surface area (Å²) in [5.41, 5.74) is 3.74. The molecule has 0 spiro atoms. The number of hydrogen-bond acceptors (Lipinski definition) is 3. The lowest BCUT2D eigenvalue weighted by molar-refractivity contribution is -0.117. The molecule has 0 fully saturated rings. The second-order valence-corrected chi connectivity index (χ2v) is 6.09. The van der Waals surface area contributed by atoms with E-state index in [1.54, 1.807) is 6.07 Å². The van der Waals surface area contributed by atoms with Crippen molar-refractivity contribution in [3.8, 4) is 11.3 Å². The molecule has 0 unspecified atom stereocenters. The Hall–Kier alpha value is -3.28. The van der Waals surface area contributed by atoms with E-state index in [9.17, 15) is 14.0 Å². The molecule has 3 aromatic rings. The van der Waals surface area contributed by atoms with Crippen LogP contribution in [0.25, 0.3) is 11.3 Å². The van der Waals surface area contributed by atoms with Crippen molar-refractivity contribution < 1.29 is 9.18 Å². The van der Waals surface area contributed by atoms with Crippen LogP contribution in [0.4, 0.5) is 10.1 Å². The Labute approximate surface area is 150 Å². The zero-order valence-electron chi connectivity index (χ0n) is 14.5. The maximum atomic E-state index is 12.9. The molecule has 5 nitrogen and oxygen atoms in total. The minimum absolute atomic E-state index is 0.227. The molecule has 6 heteroatoms. The molecule has 0 bridgehead atoms. The number of nitrogens with one attached hydrogen (secondary N) is 1. The maximum Gasteiger partial charge on any atom is 0.267 e. The van der Waals surface area contributed by atoms with Crippen molar-refractivity contribution >= 4 is 11.6 Å². The molecule has 0 saturated heterocycles. The number of carbonyl (C=O) groups excluding carboxylic acids is 1. The Kier molecular flexibility index (Phi) is 4.93. The van der Waals surface area contributed by atoms with Crippen LogP contribution >= 0.6 is 0 Å². The summed E-state index contributed by atoms with van der Waals surface area (Å²) in [6.45, 7) is 3.72. The van der Waals surface area contributed by atoms with Crippen molar-refractivity contribution in [2.75, 3.05) is 5.32 Å². The molecule has 0 aliphatic heterocycles. The van der Waals surface area contributed by atoms with Crippen LogP contribution in [0.3, 0.4) is 0 Å². The van der Waals surface area contributed by atoms with Crippen LogP contribution in [0.2, 0.25) is 0 Å². The molecule has 132 valence electrons. The number of aryl methyl sites for hydroxylation is 2. The molecule has 0 saturated carbocycles. The van der Waals surface area contributed by atoms with Gasteiger partial charge < -0.3 is 5.32 Å². The summed E-state index contributed by atoms with van der Waals surface area (Å²) in [6.07, 6.45) is 0. The highest BCUT2D eigenvalue weighted by Crippen LogP contribution is 2.21. The highest BCUT2D eigenvalue weighted by atomic mass is 19.1. The minimum atomic E-state index is -0.413. The van der Waals surface area contributed by atoms with Crippen molar-refractivity contribution in [2.45, 2.75) is 20.4 Å². The number of rotatable bonds is 4. The van der Waals surface area contributed by atoms with E-state index < -0.39 is 5.91 Å². The monoisotopic (exact) mass is 351 g/mol. The van der Waals surface area contributed by atoms with Gasteiger partial charge in [0.2, 0.25) is 5.91 Å². The SMILES string of the molecule is Cc1ccc(C)c(-c2ccc(=O)n(CC(=O)Nc3ccc(F)cc3)n2)c1. The van der Waals surface area contributed by atoms with E-state index in [0.717, 1.165) is 21.4 Å². The lowest BCUT2D eigenvalue weighted by atomic mass is 10.0. The van der Waals surface area contributed by atoms with Crippen molar-refractivity contribution in [2.24, 2.45) is 0 Å². The molecule has 3 rings (SSSR count). The van der Waals surface area contributed by atoms with Gasteiger partial charge in [-0.3, -0.25) is 9.59 Å². The molecule has 0 aliphatic carbocycles. The van der Waals surface area contributed by atoms with Crippen LogP contribution in [-0.4, -0.2) is 15.7 Å². The molecular formula is C20H18FN3O2. The van der Waals surface area contributed by atoms with E-state index in [-0.39, 0.29) is 17.9 Å². The van der Waals surface area contributed by atoms with Gasteiger partial charge in [-0.2, -0.15) is 5.10 Å². The molecule has 2 aromatic carbocycles.